The Kier molecular flexibility index (Phi) is 3.14. The molecule has 13 heavy (non-hydrogen) atoms. The van der Waals surface area contributed by atoms with Gasteiger partial charge in [0.1, 0.15) is 5.82 Å². The minimum atomic E-state index is -3.44. The molecule has 74 valence electrons. The number of H-pyrrole nitrogens is 1. The van der Waals surface area contributed by atoms with Crippen molar-refractivity contribution in [2.45, 2.75) is 0 Å². The second-order valence-electron chi connectivity index (χ2n) is 2.48. The highest BCUT2D eigenvalue weighted by Gasteiger charge is 2.15. The third-order valence-electron chi connectivity index (χ3n) is 1.30. The fraction of sp³-hybridized carbons (Fsp3) is 0.400. The molecule has 6 nitrogen and oxygen atoms in total. The predicted molar refractivity (Wildman–Crippen MR) is 57.5 cm³/mol. The molecule has 0 saturated heterocycles. The molecule has 0 aliphatic rings. The van der Waals surface area contributed by atoms with Gasteiger partial charge in [-0.25, -0.2) is 0 Å². The fourth-order valence-corrected chi connectivity index (χ4v) is 1.74. The summed E-state index contributed by atoms with van der Waals surface area (Å²) in [7, 11) is -0.536. The third kappa shape index (κ3) is 2.54. The van der Waals surface area contributed by atoms with Gasteiger partial charge in [0.2, 0.25) is 0 Å². The Morgan fingerprint density at radius 1 is 1.62 bits per heavy atom. The molecule has 0 amide bonds. The first-order chi connectivity index (χ1) is 5.93. The van der Waals surface area contributed by atoms with Gasteiger partial charge in [0, 0.05) is 14.1 Å². The molecule has 8 heteroatoms. The Morgan fingerprint density at radius 2 is 2.23 bits per heavy atom. The molecular weight excluding hydrogens is 307 g/mol. The maximum atomic E-state index is 11.3. The normalized spacial score (nSPS) is 12.0. The number of nitrogens with one attached hydrogen (secondary N) is 2. The first-order valence-electron chi connectivity index (χ1n) is 3.32. The number of halogens is 1. The molecule has 0 bridgehead atoms. The zero-order valence-electron chi connectivity index (χ0n) is 7.07. The molecule has 0 atom stereocenters. The van der Waals surface area contributed by atoms with Crippen LogP contribution in [0.15, 0.2) is 6.20 Å². The van der Waals surface area contributed by atoms with Crippen LogP contribution >= 0.6 is 22.6 Å². The monoisotopic (exact) mass is 316 g/mol. The van der Waals surface area contributed by atoms with Gasteiger partial charge in [-0.05, 0) is 22.6 Å². The molecule has 0 fully saturated rings. The van der Waals surface area contributed by atoms with Crippen LogP contribution in [-0.2, 0) is 10.2 Å². The van der Waals surface area contributed by atoms with Gasteiger partial charge in [0.05, 0.1) is 9.77 Å². The average molecular weight is 316 g/mol. The van der Waals surface area contributed by atoms with Crippen LogP contribution in [0.1, 0.15) is 0 Å². The second-order valence-corrected chi connectivity index (χ2v) is 5.53. The number of nitrogens with zero attached hydrogens (tertiary/aromatic N) is 2. The number of aromatic amines is 1. The first-order valence-corrected chi connectivity index (χ1v) is 5.84. The summed E-state index contributed by atoms with van der Waals surface area (Å²) in [5.41, 5.74) is 0. The highest BCUT2D eigenvalue weighted by Crippen LogP contribution is 2.14. The van der Waals surface area contributed by atoms with E-state index in [1.165, 1.54) is 20.3 Å². The van der Waals surface area contributed by atoms with Crippen LogP contribution in [0.2, 0.25) is 0 Å². The van der Waals surface area contributed by atoms with Crippen LogP contribution < -0.4 is 4.72 Å². The summed E-state index contributed by atoms with van der Waals surface area (Å²) in [4.78, 5) is 0. The van der Waals surface area contributed by atoms with Gasteiger partial charge in [-0.2, -0.15) is 17.8 Å². The van der Waals surface area contributed by atoms with E-state index in [4.69, 9.17) is 0 Å². The number of hydrogen-bond donors (Lipinski definition) is 2. The molecule has 0 aliphatic carbocycles. The number of rotatable bonds is 3. The second kappa shape index (κ2) is 3.80. The number of anilines is 1. The molecule has 0 saturated carbocycles. The Balaban J connectivity index is 2.88. The van der Waals surface area contributed by atoms with Crippen molar-refractivity contribution in [3.05, 3.63) is 9.77 Å². The van der Waals surface area contributed by atoms with Gasteiger partial charge in [0.25, 0.3) is 0 Å². The van der Waals surface area contributed by atoms with Gasteiger partial charge < -0.3 is 0 Å². The highest BCUT2D eigenvalue weighted by atomic mass is 127. The van der Waals surface area contributed by atoms with Crippen LogP contribution in [0.4, 0.5) is 5.82 Å². The molecule has 0 unspecified atom stereocenters. The summed E-state index contributed by atoms with van der Waals surface area (Å²) < 4.78 is 26.8. The molecule has 0 aromatic carbocycles. The van der Waals surface area contributed by atoms with Crippen LogP contribution in [0.5, 0.6) is 0 Å². The van der Waals surface area contributed by atoms with E-state index in [1.807, 2.05) is 22.6 Å². The smallest absolute Gasteiger partial charge is 0.261 e. The lowest BCUT2D eigenvalue weighted by molar-refractivity contribution is 0.526. The van der Waals surface area contributed by atoms with Crippen molar-refractivity contribution >= 4 is 38.6 Å². The molecule has 2 N–H and O–H groups in total. The highest BCUT2D eigenvalue weighted by molar-refractivity contribution is 14.1. The minimum absolute atomic E-state index is 0.384. The average Bonchev–Trinajstić information content (AvgIpc) is 2.35. The number of hydrogen-bond acceptors (Lipinski definition) is 3. The maximum absolute atomic E-state index is 11.3. The maximum Gasteiger partial charge on any atom is 0.302 e. The van der Waals surface area contributed by atoms with E-state index in [2.05, 4.69) is 14.9 Å². The molecule has 1 aromatic rings. The lowest BCUT2D eigenvalue weighted by atomic mass is 10.7. The van der Waals surface area contributed by atoms with Crippen molar-refractivity contribution < 1.29 is 8.42 Å². The van der Waals surface area contributed by atoms with Gasteiger partial charge >= 0.3 is 10.2 Å². The van der Waals surface area contributed by atoms with E-state index >= 15 is 0 Å². The van der Waals surface area contributed by atoms with E-state index < -0.39 is 10.2 Å². The quantitative estimate of drug-likeness (QED) is 0.784. The molecule has 1 aromatic heterocycles. The Bertz CT molecular complexity index is 385. The third-order valence-corrected chi connectivity index (χ3v) is 3.55. The molecule has 0 aliphatic heterocycles. The van der Waals surface area contributed by atoms with Gasteiger partial charge in [-0.15, -0.1) is 0 Å². The Hall–Kier alpha value is -0.350. The summed E-state index contributed by atoms with van der Waals surface area (Å²) in [6.07, 6.45) is 1.54. The van der Waals surface area contributed by atoms with Crippen molar-refractivity contribution in [3.8, 4) is 0 Å². The lowest BCUT2D eigenvalue weighted by Crippen LogP contribution is -2.29. The first kappa shape index (κ1) is 10.7. The van der Waals surface area contributed by atoms with E-state index in [1.54, 1.807) is 0 Å². The van der Waals surface area contributed by atoms with Gasteiger partial charge in [-0.1, -0.05) is 0 Å². The predicted octanol–water partition coefficient (Wildman–Crippen LogP) is 0.233. The van der Waals surface area contributed by atoms with Crippen LogP contribution in [0, 0.1) is 3.57 Å². The Morgan fingerprint density at radius 3 is 2.62 bits per heavy atom. The zero-order chi connectivity index (χ0) is 10.1. The van der Waals surface area contributed by atoms with Crippen molar-refractivity contribution in [3.63, 3.8) is 0 Å². The van der Waals surface area contributed by atoms with Crippen molar-refractivity contribution in [2.24, 2.45) is 0 Å². The lowest BCUT2D eigenvalue weighted by Gasteiger charge is -2.11. The summed E-state index contributed by atoms with van der Waals surface area (Å²) in [6, 6.07) is 0. The van der Waals surface area contributed by atoms with Crippen molar-refractivity contribution in [1.29, 1.82) is 0 Å². The van der Waals surface area contributed by atoms with E-state index in [0.717, 1.165) is 7.88 Å². The van der Waals surface area contributed by atoms with Crippen LogP contribution in [-0.4, -0.2) is 37.0 Å². The van der Waals surface area contributed by atoms with E-state index in [-0.39, 0.29) is 0 Å². The SMILES string of the molecule is CN(C)S(=O)(=O)Nc1[nH]ncc1I. The van der Waals surface area contributed by atoms with Crippen LogP contribution in [0.3, 0.4) is 0 Å². The van der Waals surface area contributed by atoms with Gasteiger partial charge in [0.15, 0.2) is 0 Å². The molecule has 1 heterocycles. The summed E-state index contributed by atoms with van der Waals surface area (Å²) in [6.45, 7) is 0. The van der Waals surface area contributed by atoms with E-state index in [0.29, 0.717) is 5.82 Å². The molecular formula is C5H9IN4O2S. The summed E-state index contributed by atoms with van der Waals surface area (Å²) in [5.74, 6) is 0.384. The van der Waals surface area contributed by atoms with Crippen molar-refractivity contribution in [2.75, 3.05) is 18.8 Å². The fourth-order valence-electron chi connectivity index (χ4n) is 0.563. The standard InChI is InChI=1S/C5H9IN4O2S/c1-10(2)13(11,12)9-5-4(6)3-7-8-5/h3H,1-2H3,(H2,7,8,9). The van der Waals surface area contributed by atoms with Crippen LogP contribution in [0.25, 0.3) is 0 Å². The zero-order valence-corrected chi connectivity index (χ0v) is 10.0. The van der Waals surface area contributed by atoms with E-state index in [9.17, 15) is 8.42 Å². The topological polar surface area (TPSA) is 78.1 Å². The van der Waals surface area contributed by atoms with Gasteiger partial charge in [-0.3, -0.25) is 9.82 Å². The summed E-state index contributed by atoms with van der Waals surface area (Å²) in [5, 5.41) is 6.23. The molecule has 1 rings (SSSR count). The van der Waals surface area contributed by atoms with Crippen molar-refractivity contribution in [1.82, 2.24) is 14.5 Å². The molecule has 0 spiro atoms. The Labute approximate surface area is 90.0 Å². The number of aromatic nitrogens is 2. The minimum Gasteiger partial charge on any atom is -0.261 e. The largest absolute Gasteiger partial charge is 0.302 e. The summed E-state index contributed by atoms with van der Waals surface area (Å²) >= 11 is 1.98. The molecule has 0 radical (unpaired) electrons.